The fourth-order valence-corrected chi connectivity index (χ4v) is 3.20. The molecule has 3 rings (SSSR count). The summed E-state index contributed by atoms with van der Waals surface area (Å²) in [6, 6.07) is 21.7. The molecule has 0 aliphatic heterocycles. The average molecular weight is 431 g/mol. The zero-order chi connectivity index (χ0) is 23.1. The molecule has 1 atom stereocenters. The van der Waals surface area contributed by atoms with Crippen LogP contribution in [0.5, 0.6) is 0 Å². The van der Waals surface area contributed by atoms with Crippen molar-refractivity contribution in [2.24, 2.45) is 16.5 Å². The van der Waals surface area contributed by atoms with Crippen LogP contribution in [0, 0.1) is 6.92 Å². The summed E-state index contributed by atoms with van der Waals surface area (Å²) in [7, 11) is 0. The number of nitrogens with zero attached hydrogens (tertiary/aromatic N) is 1. The van der Waals surface area contributed by atoms with Crippen molar-refractivity contribution in [2.45, 2.75) is 25.9 Å². The Balaban J connectivity index is 1.65. The van der Waals surface area contributed by atoms with E-state index in [-0.39, 0.29) is 12.4 Å². The zero-order valence-corrected chi connectivity index (χ0v) is 17.8. The van der Waals surface area contributed by atoms with Gasteiger partial charge < -0.3 is 16.6 Å². The number of rotatable bonds is 7. The number of hydrogen-bond acceptors (Lipinski definition) is 4. The van der Waals surface area contributed by atoms with Crippen molar-refractivity contribution in [3.05, 3.63) is 95.1 Å². The summed E-state index contributed by atoms with van der Waals surface area (Å²) >= 11 is 0. The Hall–Kier alpha value is -3.97. The maximum absolute atomic E-state index is 12.4. The standard InChI is InChI=1S/C25H26N4O3/c1-16-6-10-18(11-7-16)21-5-3-2-4-20(21)15-28-25(27)29-23(30)19-12-8-17(9-13-19)14-22(26)24(31)32/h2-13,22H,14-15,26H2,1H3,(H,31,32)(H3,27,28,29,30)/t22-/m0/s1. The molecule has 164 valence electrons. The third kappa shape index (κ3) is 6.02. The Kier molecular flexibility index (Phi) is 7.36. The SMILES string of the molecule is Cc1ccc(-c2ccccc2CN=C(N)NC(=O)c2ccc(C[C@H](N)C(=O)O)cc2)cc1. The van der Waals surface area contributed by atoms with Gasteiger partial charge in [-0.15, -0.1) is 0 Å². The molecule has 0 saturated carbocycles. The summed E-state index contributed by atoms with van der Waals surface area (Å²) in [5, 5.41) is 11.5. The first kappa shape index (κ1) is 22.7. The second-order valence-electron chi connectivity index (χ2n) is 7.52. The van der Waals surface area contributed by atoms with Crippen LogP contribution in [0.2, 0.25) is 0 Å². The molecule has 32 heavy (non-hydrogen) atoms. The summed E-state index contributed by atoms with van der Waals surface area (Å²) in [6.07, 6.45) is 0.182. The minimum atomic E-state index is -1.07. The van der Waals surface area contributed by atoms with Gasteiger partial charge in [0.25, 0.3) is 5.91 Å². The molecule has 0 heterocycles. The lowest BCUT2D eigenvalue weighted by atomic mass is 9.99. The smallest absolute Gasteiger partial charge is 0.320 e. The first-order chi connectivity index (χ1) is 15.3. The van der Waals surface area contributed by atoms with E-state index in [1.54, 1.807) is 24.3 Å². The number of carboxylic acid groups (broad SMARTS) is 1. The van der Waals surface area contributed by atoms with E-state index in [0.29, 0.717) is 12.1 Å². The lowest BCUT2D eigenvalue weighted by Gasteiger charge is -2.10. The molecule has 0 aliphatic carbocycles. The predicted octanol–water partition coefficient (Wildman–Crippen LogP) is 2.86. The maximum atomic E-state index is 12.4. The second-order valence-corrected chi connectivity index (χ2v) is 7.52. The van der Waals surface area contributed by atoms with E-state index in [1.165, 1.54) is 5.56 Å². The number of nitrogens with one attached hydrogen (secondary N) is 1. The first-order valence-corrected chi connectivity index (χ1v) is 10.2. The third-order valence-electron chi connectivity index (χ3n) is 5.03. The van der Waals surface area contributed by atoms with Crippen molar-refractivity contribution in [3.8, 4) is 11.1 Å². The molecule has 0 aliphatic rings. The van der Waals surface area contributed by atoms with Crippen molar-refractivity contribution in [1.29, 1.82) is 0 Å². The average Bonchev–Trinajstić information content (AvgIpc) is 2.79. The highest BCUT2D eigenvalue weighted by Crippen LogP contribution is 2.24. The van der Waals surface area contributed by atoms with Gasteiger partial charge in [-0.05, 0) is 47.7 Å². The molecule has 0 fully saturated rings. The lowest BCUT2D eigenvalue weighted by Crippen LogP contribution is -2.36. The minimum Gasteiger partial charge on any atom is -0.480 e. The Morgan fingerprint density at radius 3 is 2.31 bits per heavy atom. The van der Waals surface area contributed by atoms with Crippen LogP contribution >= 0.6 is 0 Å². The summed E-state index contributed by atoms with van der Waals surface area (Å²) < 4.78 is 0. The Bertz CT molecular complexity index is 1120. The number of aliphatic carboxylic acids is 1. The maximum Gasteiger partial charge on any atom is 0.320 e. The van der Waals surface area contributed by atoms with Crippen LogP contribution in [0.3, 0.4) is 0 Å². The largest absolute Gasteiger partial charge is 0.480 e. The molecule has 7 nitrogen and oxygen atoms in total. The molecule has 0 bridgehead atoms. The fourth-order valence-electron chi connectivity index (χ4n) is 3.20. The van der Waals surface area contributed by atoms with Gasteiger partial charge in [0.1, 0.15) is 6.04 Å². The van der Waals surface area contributed by atoms with Crippen molar-refractivity contribution < 1.29 is 14.7 Å². The lowest BCUT2D eigenvalue weighted by molar-refractivity contribution is -0.138. The molecule has 0 aromatic heterocycles. The number of benzene rings is 3. The highest BCUT2D eigenvalue weighted by atomic mass is 16.4. The van der Waals surface area contributed by atoms with E-state index < -0.39 is 17.9 Å². The number of carboxylic acids is 1. The predicted molar refractivity (Wildman–Crippen MR) is 125 cm³/mol. The number of amides is 1. The zero-order valence-electron chi connectivity index (χ0n) is 17.8. The number of carbonyl (C=O) groups is 2. The second kappa shape index (κ2) is 10.4. The molecule has 0 unspecified atom stereocenters. The molecule has 6 N–H and O–H groups in total. The first-order valence-electron chi connectivity index (χ1n) is 10.2. The highest BCUT2D eigenvalue weighted by molar-refractivity contribution is 6.05. The van der Waals surface area contributed by atoms with Gasteiger partial charge in [0.05, 0.1) is 6.54 Å². The molecule has 0 radical (unpaired) electrons. The van der Waals surface area contributed by atoms with E-state index in [4.69, 9.17) is 16.6 Å². The van der Waals surface area contributed by atoms with Gasteiger partial charge in [-0.3, -0.25) is 14.9 Å². The van der Waals surface area contributed by atoms with E-state index >= 15 is 0 Å². The number of nitrogens with two attached hydrogens (primary N) is 2. The van der Waals surface area contributed by atoms with E-state index in [1.807, 2.05) is 31.2 Å². The van der Waals surface area contributed by atoms with Crippen LogP contribution in [0.1, 0.15) is 27.0 Å². The van der Waals surface area contributed by atoms with Gasteiger partial charge in [0.2, 0.25) is 0 Å². The van der Waals surface area contributed by atoms with E-state index in [2.05, 4.69) is 34.6 Å². The highest BCUT2D eigenvalue weighted by Gasteiger charge is 2.13. The van der Waals surface area contributed by atoms with Gasteiger partial charge in [-0.2, -0.15) is 0 Å². The van der Waals surface area contributed by atoms with Gasteiger partial charge in [-0.25, -0.2) is 4.99 Å². The molecule has 1 amide bonds. The Morgan fingerprint density at radius 2 is 1.66 bits per heavy atom. The van der Waals surface area contributed by atoms with Crippen LogP contribution in [-0.4, -0.2) is 29.0 Å². The van der Waals surface area contributed by atoms with E-state index in [0.717, 1.165) is 22.3 Å². The van der Waals surface area contributed by atoms with Gasteiger partial charge >= 0.3 is 5.97 Å². The van der Waals surface area contributed by atoms with Crippen LogP contribution in [0.4, 0.5) is 0 Å². The van der Waals surface area contributed by atoms with Crippen molar-refractivity contribution >= 4 is 17.8 Å². The van der Waals surface area contributed by atoms with Crippen molar-refractivity contribution in [3.63, 3.8) is 0 Å². The summed E-state index contributed by atoms with van der Waals surface area (Å²) in [4.78, 5) is 27.6. The van der Waals surface area contributed by atoms with Crippen LogP contribution in [0.25, 0.3) is 11.1 Å². The summed E-state index contributed by atoms with van der Waals surface area (Å²) in [5.41, 5.74) is 16.9. The minimum absolute atomic E-state index is 0.0192. The van der Waals surface area contributed by atoms with Gasteiger partial charge in [-0.1, -0.05) is 66.2 Å². The number of guanidine groups is 1. The van der Waals surface area contributed by atoms with Crippen LogP contribution < -0.4 is 16.8 Å². The molecule has 3 aromatic rings. The molecular formula is C25H26N4O3. The van der Waals surface area contributed by atoms with E-state index in [9.17, 15) is 9.59 Å². The van der Waals surface area contributed by atoms with Gasteiger partial charge in [0, 0.05) is 5.56 Å². The van der Waals surface area contributed by atoms with Gasteiger partial charge in [0.15, 0.2) is 5.96 Å². The molecular weight excluding hydrogens is 404 g/mol. The Morgan fingerprint density at radius 1 is 1.00 bits per heavy atom. The summed E-state index contributed by atoms with van der Waals surface area (Å²) in [5.74, 6) is -1.45. The topological polar surface area (TPSA) is 131 Å². The molecule has 3 aromatic carbocycles. The number of aliphatic imine (C=N–C) groups is 1. The molecule has 7 heteroatoms. The normalized spacial score (nSPS) is 12.2. The third-order valence-corrected chi connectivity index (χ3v) is 5.03. The van der Waals surface area contributed by atoms with Crippen molar-refractivity contribution in [2.75, 3.05) is 0 Å². The quantitative estimate of drug-likeness (QED) is 0.338. The fraction of sp³-hybridized carbons (Fsp3) is 0.160. The number of hydrogen-bond donors (Lipinski definition) is 4. The monoisotopic (exact) mass is 430 g/mol. The molecule has 0 spiro atoms. The Labute approximate surface area is 186 Å². The summed E-state index contributed by atoms with van der Waals surface area (Å²) in [6.45, 7) is 2.37. The molecule has 0 saturated heterocycles. The number of aryl methyl sites for hydroxylation is 1. The number of carbonyl (C=O) groups excluding carboxylic acids is 1. The van der Waals surface area contributed by atoms with Crippen LogP contribution in [-0.2, 0) is 17.8 Å². The van der Waals surface area contributed by atoms with Crippen molar-refractivity contribution in [1.82, 2.24) is 5.32 Å². The van der Waals surface area contributed by atoms with Crippen LogP contribution in [0.15, 0.2) is 77.8 Å².